The third kappa shape index (κ3) is 3.04. The van der Waals surface area contributed by atoms with Gasteiger partial charge in [-0.05, 0) is 27.8 Å². The molecule has 1 aromatic rings. The average Bonchev–Trinajstić information content (AvgIpc) is 2.51. The van der Waals surface area contributed by atoms with E-state index >= 15 is 0 Å². The van der Waals surface area contributed by atoms with Crippen molar-refractivity contribution in [2.24, 2.45) is 0 Å². The molecule has 4 heteroatoms. The lowest BCUT2D eigenvalue weighted by Gasteiger charge is -2.33. The summed E-state index contributed by atoms with van der Waals surface area (Å²) in [4.78, 5) is 6.78. The molecule has 0 aliphatic rings. The Labute approximate surface area is 98.5 Å². The quantitative estimate of drug-likeness (QED) is 0.786. The van der Waals surface area contributed by atoms with Gasteiger partial charge in [0, 0.05) is 21.9 Å². The summed E-state index contributed by atoms with van der Waals surface area (Å²) in [5.74, 6) is 0. The van der Waals surface area contributed by atoms with Crippen molar-refractivity contribution in [2.75, 3.05) is 12.4 Å². The fraction of sp³-hybridized carbons (Fsp3) is 0.700. The van der Waals surface area contributed by atoms with Crippen LogP contribution in [0, 0.1) is 6.92 Å². The second-order valence-electron chi connectivity index (χ2n) is 4.18. The van der Waals surface area contributed by atoms with Crippen LogP contribution in [0.3, 0.4) is 0 Å². The minimum Gasteiger partial charge on any atom is -0.294 e. The van der Waals surface area contributed by atoms with Crippen LogP contribution in [0.2, 0.25) is 0 Å². The number of hydrogen-bond acceptors (Lipinski definition) is 3. The topological polar surface area (TPSA) is 16.1 Å². The van der Waals surface area contributed by atoms with Crippen LogP contribution in [0.5, 0.6) is 0 Å². The Bertz CT molecular complexity index is 296. The molecule has 0 fully saturated rings. The lowest BCUT2D eigenvalue weighted by Crippen LogP contribution is -2.41. The van der Waals surface area contributed by atoms with Gasteiger partial charge in [0.25, 0.3) is 0 Å². The zero-order valence-corrected chi connectivity index (χ0v) is 11.6. The molecule has 0 N–H and O–H groups in total. The molecule has 0 atom stereocenters. The Balaban J connectivity index is 2.61. The number of alkyl halides is 1. The first-order valence-corrected chi connectivity index (χ1v) is 6.64. The molecule has 0 unspecified atom stereocenters. The van der Waals surface area contributed by atoms with Crippen molar-refractivity contribution < 1.29 is 0 Å². The summed E-state index contributed by atoms with van der Waals surface area (Å²) in [5.41, 5.74) is 1.30. The Hall–Kier alpha value is 0.0700. The first-order chi connectivity index (χ1) is 6.45. The van der Waals surface area contributed by atoms with Gasteiger partial charge in [-0.2, -0.15) is 0 Å². The predicted molar refractivity (Wildman–Crippen MR) is 66.2 cm³/mol. The van der Waals surface area contributed by atoms with Gasteiger partial charge in [-0.25, -0.2) is 4.98 Å². The summed E-state index contributed by atoms with van der Waals surface area (Å²) in [6.07, 6.45) is 0. The minimum absolute atomic E-state index is 0.180. The van der Waals surface area contributed by atoms with Gasteiger partial charge >= 0.3 is 0 Å². The van der Waals surface area contributed by atoms with Crippen LogP contribution in [-0.4, -0.2) is 27.8 Å². The normalized spacial score (nSPS) is 12.4. The van der Waals surface area contributed by atoms with E-state index in [0.29, 0.717) is 0 Å². The van der Waals surface area contributed by atoms with Crippen LogP contribution in [0.1, 0.15) is 24.5 Å². The first-order valence-electron chi connectivity index (χ1n) is 4.64. The molecule has 0 aliphatic carbocycles. The van der Waals surface area contributed by atoms with E-state index in [1.165, 1.54) is 5.01 Å². The van der Waals surface area contributed by atoms with Gasteiger partial charge in [0.05, 0.1) is 6.54 Å². The van der Waals surface area contributed by atoms with E-state index < -0.39 is 0 Å². The predicted octanol–water partition coefficient (Wildman–Crippen LogP) is 3.06. The maximum Gasteiger partial charge on any atom is 0.107 e. The van der Waals surface area contributed by atoms with Crippen molar-refractivity contribution in [3.05, 3.63) is 16.1 Å². The maximum atomic E-state index is 4.46. The third-order valence-corrected chi connectivity index (χ3v) is 4.72. The molecule has 0 saturated heterocycles. The molecule has 1 heterocycles. The van der Waals surface area contributed by atoms with Gasteiger partial charge in [-0.3, -0.25) is 4.90 Å². The number of aryl methyl sites for hydroxylation is 1. The number of nitrogens with zero attached hydrogens (tertiary/aromatic N) is 2. The van der Waals surface area contributed by atoms with Crippen molar-refractivity contribution in [2.45, 2.75) is 32.9 Å². The fourth-order valence-electron chi connectivity index (χ4n) is 0.994. The first kappa shape index (κ1) is 12.1. The monoisotopic (exact) mass is 276 g/mol. The summed E-state index contributed by atoms with van der Waals surface area (Å²) in [6.45, 7) is 7.41. The highest BCUT2D eigenvalue weighted by Crippen LogP contribution is 2.19. The van der Waals surface area contributed by atoms with E-state index in [9.17, 15) is 0 Å². The second kappa shape index (κ2) is 4.73. The van der Waals surface area contributed by atoms with Gasteiger partial charge < -0.3 is 0 Å². The van der Waals surface area contributed by atoms with E-state index in [-0.39, 0.29) is 5.54 Å². The van der Waals surface area contributed by atoms with Gasteiger partial charge in [0.15, 0.2) is 0 Å². The molecule has 1 rings (SSSR count). The highest BCUT2D eigenvalue weighted by Gasteiger charge is 2.22. The molecule has 0 spiro atoms. The molecular formula is C10H17BrN2S. The number of aromatic nitrogens is 1. The molecule has 0 amide bonds. The molecule has 0 saturated carbocycles. The zero-order chi connectivity index (χ0) is 10.8. The summed E-state index contributed by atoms with van der Waals surface area (Å²) in [7, 11) is 2.14. The lowest BCUT2D eigenvalue weighted by molar-refractivity contribution is 0.173. The Morgan fingerprint density at radius 2 is 2.21 bits per heavy atom. The molecular weight excluding hydrogens is 260 g/mol. The van der Waals surface area contributed by atoms with Crippen molar-refractivity contribution in [1.82, 2.24) is 9.88 Å². The van der Waals surface area contributed by atoms with Crippen LogP contribution >= 0.6 is 27.3 Å². The third-order valence-electron chi connectivity index (χ3n) is 2.40. The van der Waals surface area contributed by atoms with Gasteiger partial charge in [0.2, 0.25) is 0 Å². The molecule has 1 aromatic heterocycles. The molecule has 80 valence electrons. The van der Waals surface area contributed by atoms with Gasteiger partial charge in [-0.15, -0.1) is 11.3 Å². The largest absolute Gasteiger partial charge is 0.294 e. The summed E-state index contributed by atoms with van der Waals surface area (Å²) in [6, 6.07) is 0. The lowest BCUT2D eigenvalue weighted by atomic mass is 10.1. The molecule has 0 aliphatic heterocycles. The number of hydrogen-bond donors (Lipinski definition) is 0. The van der Waals surface area contributed by atoms with Crippen molar-refractivity contribution in [1.29, 1.82) is 0 Å². The molecule has 2 nitrogen and oxygen atoms in total. The van der Waals surface area contributed by atoms with E-state index in [1.807, 2.05) is 6.92 Å². The van der Waals surface area contributed by atoms with Crippen molar-refractivity contribution in [3.63, 3.8) is 0 Å². The van der Waals surface area contributed by atoms with Crippen LogP contribution in [0.15, 0.2) is 5.38 Å². The van der Waals surface area contributed by atoms with Crippen LogP contribution in [0.25, 0.3) is 0 Å². The Morgan fingerprint density at radius 1 is 1.57 bits per heavy atom. The molecule has 0 aromatic carbocycles. The number of rotatable bonds is 4. The fourth-order valence-corrected chi connectivity index (χ4v) is 2.25. The van der Waals surface area contributed by atoms with E-state index in [1.54, 1.807) is 11.3 Å². The summed E-state index contributed by atoms with van der Waals surface area (Å²) < 4.78 is 0. The zero-order valence-electron chi connectivity index (χ0n) is 9.17. The standard InChI is InChI=1S/C10H17BrN2S/c1-8-6-14-9(12-8)5-13(4)10(2,3)7-11/h6H,5,7H2,1-4H3. The Kier molecular flexibility index (Phi) is 4.10. The number of thiazole rings is 1. The van der Waals surface area contributed by atoms with Crippen molar-refractivity contribution in [3.8, 4) is 0 Å². The smallest absolute Gasteiger partial charge is 0.107 e. The average molecular weight is 277 g/mol. The number of halogens is 1. The van der Waals surface area contributed by atoms with Gasteiger partial charge in [-0.1, -0.05) is 15.9 Å². The van der Waals surface area contributed by atoms with Crippen LogP contribution in [-0.2, 0) is 6.54 Å². The highest BCUT2D eigenvalue weighted by molar-refractivity contribution is 9.09. The van der Waals surface area contributed by atoms with Crippen molar-refractivity contribution >= 4 is 27.3 Å². The van der Waals surface area contributed by atoms with Gasteiger partial charge in [0.1, 0.15) is 5.01 Å². The van der Waals surface area contributed by atoms with E-state index in [2.05, 4.69) is 52.1 Å². The highest BCUT2D eigenvalue weighted by atomic mass is 79.9. The summed E-state index contributed by atoms with van der Waals surface area (Å²) in [5, 5.41) is 4.27. The van der Waals surface area contributed by atoms with E-state index in [0.717, 1.165) is 17.6 Å². The minimum atomic E-state index is 0.180. The molecule has 0 radical (unpaired) electrons. The van der Waals surface area contributed by atoms with E-state index in [4.69, 9.17) is 0 Å². The van der Waals surface area contributed by atoms with Crippen LogP contribution in [0.4, 0.5) is 0 Å². The second-order valence-corrected chi connectivity index (χ2v) is 5.69. The van der Waals surface area contributed by atoms with Crippen LogP contribution < -0.4 is 0 Å². The molecule has 14 heavy (non-hydrogen) atoms. The summed E-state index contributed by atoms with van der Waals surface area (Å²) >= 11 is 5.27. The molecule has 0 bridgehead atoms. The maximum absolute atomic E-state index is 4.46. The SMILES string of the molecule is Cc1csc(CN(C)C(C)(C)CBr)n1. The Morgan fingerprint density at radius 3 is 2.64 bits per heavy atom.